The predicted molar refractivity (Wildman–Crippen MR) is 104 cm³/mol. The van der Waals surface area contributed by atoms with Gasteiger partial charge in [-0.2, -0.15) is 5.26 Å². The summed E-state index contributed by atoms with van der Waals surface area (Å²) in [5.41, 5.74) is 2.07. The molecule has 8 heteroatoms. The molecule has 1 saturated heterocycles. The molecular weight excluding hydrogens is 372 g/mol. The fourth-order valence-electron chi connectivity index (χ4n) is 3.21. The van der Waals surface area contributed by atoms with Gasteiger partial charge in [0, 0.05) is 48.5 Å². The summed E-state index contributed by atoms with van der Waals surface area (Å²) in [4.78, 5) is 6.49. The zero-order chi connectivity index (χ0) is 18.7. The maximum Gasteiger partial charge on any atom is 0.148 e. The standard InChI is InChI=1S/C18H21ClN4O2S/c1-26(24,25)9-8-23-6-4-15(5-7-23)22-18-13(11-20)12-21-17-3-2-14(19)10-16(17)18/h2-3,10,12,15H,4-9H2,1H3,(H,21,22). The van der Waals surface area contributed by atoms with Crippen LogP contribution in [0.5, 0.6) is 0 Å². The lowest BCUT2D eigenvalue weighted by Gasteiger charge is -2.33. The number of nitriles is 1. The highest BCUT2D eigenvalue weighted by atomic mass is 35.5. The van der Waals surface area contributed by atoms with Crippen LogP contribution in [-0.4, -0.2) is 56.0 Å². The number of pyridine rings is 1. The van der Waals surface area contributed by atoms with E-state index in [9.17, 15) is 13.7 Å². The van der Waals surface area contributed by atoms with Crippen molar-refractivity contribution >= 4 is 38.0 Å². The summed E-state index contributed by atoms with van der Waals surface area (Å²) in [5, 5.41) is 14.4. The van der Waals surface area contributed by atoms with Gasteiger partial charge in [-0.25, -0.2) is 8.42 Å². The van der Waals surface area contributed by atoms with E-state index in [0.717, 1.165) is 42.5 Å². The van der Waals surface area contributed by atoms with Crippen molar-refractivity contribution in [2.45, 2.75) is 18.9 Å². The highest BCUT2D eigenvalue weighted by Gasteiger charge is 2.21. The summed E-state index contributed by atoms with van der Waals surface area (Å²) < 4.78 is 22.6. The minimum Gasteiger partial charge on any atom is -0.381 e. The van der Waals surface area contributed by atoms with Crippen molar-refractivity contribution in [1.29, 1.82) is 5.26 Å². The number of fused-ring (bicyclic) bond motifs is 1. The largest absolute Gasteiger partial charge is 0.381 e. The molecule has 1 N–H and O–H groups in total. The third kappa shape index (κ3) is 4.64. The number of hydrogen-bond acceptors (Lipinski definition) is 6. The van der Waals surface area contributed by atoms with E-state index in [1.807, 2.05) is 12.1 Å². The molecule has 0 saturated carbocycles. The molecule has 138 valence electrons. The van der Waals surface area contributed by atoms with Crippen LogP contribution in [0.4, 0.5) is 5.69 Å². The van der Waals surface area contributed by atoms with Crippen LogP contribution in [0, 0.1) is 11.3 Å². The van der Waals surface area contributed by atoms with Crippen LogP contribution < -0.4 is 5.32 Å². The van der Waals surface area contributed by atoms with E-state index >= 15 is 0 Å². The van der Waals surface area contributed by atoms with Crippen molar-refractivity contribution in [3.63, 3.8) is 0 Å². The number of aromatic nitrogens is 1. The smallest absolute Gasteiger partial charge is 0.148 e. The molecule has 0 bridgehead atoms. The Bertz CT molecular complexity index is 948. The molecule has 0 radical (unpaired) electrons. The van der Waals surface area contributed by atoms with Crippen molar-refractivity contribution in [3.8, 4) is 6.07 Å². The number of likely N-dealkylation sites (tertiary alicyclic amines) is 1. The maximum absolute atomic E-state index is 11.3. The molecule has 1 aliphatic heterocycles. The molecule has 0 spiro atoms. The van der Waals surface area contributed by atoms with Gasteiger partial charge in [-0.1, -0.05) is 11.6 Å². The van der Waals surface area contributed by atoms with Crippen molar-refractivity contribution in [2.24, 2.45) is 0 Å². The molecule has 0 unspecified atom stereocenters. The lowest BCUT2D eigenvalue weighted by molar-refractivity contribution is 0.230. The van der Waals surface area contributed by atoms with E-state index in [-0.39, 0.29) is 11.8 Å². The van der Waals surface area contributed by atoms with E-state index in [1.54, 1.807) is 12.3 Å². The van der Waals surface area contributed by atoms with Gasteiger partial charge in [-0.05, 0) is 31.0 Å². The van der Waals surface area contributed by atoms with E-state index in [4.69, 9.17) is 11.6 Å². The molecular formula is C18H21ClN4O2S. The molecule has 1 aromatic heterocycles. The monoisotopic (exact) mass is 392 g/mol. The van der Waals surface area contributed by atoms with E-state index < -0.39 is 9.84 Å². The van der Waals surface area contributed by atoms with Crippen LogP contribution in [0.2, 0.25) is 5.02 Å². The first kappa shape index (κ1) is 18.9. The zero-order valence-electron chi connectivity index (χ0n) is 14.6. The third-order valence-corrected chi connectivity index (χ3v) is 5.82. The molecule has 3 rings (SSSR count). The number of nitrogens with zero attached hydrogens (tertiary/aromatic N) is 3. The van der Waals surface area contributed by atoms with Gasteiger partial charge in [-0.15, -0.1) is 0 Å². The van der Waals surface area contributed by atoms with Crippen LogP contribution in [0.1, 0.15) is 18.4 Å². The van der Waals surface area contributed by atoms with Crippen LogP contribution in [0.15, 0.2) is 24.4 Å². The first-order valence-electron chi connectivity index (χ1n) is 8.51. The summed E-state index contributed by atoms with van der Waals surface area (Å²) >= 11 is 6.13. The molecule has 6 nitrogen and oxygen atoms in total. The quantitative estimate of drug-likeness (QED) is 0.841. The van der Waals surface area contributed by atoms with Gasteiger partial charge in [-0.3, -0.25) is 4.98 Å². The van der Waals surface area contributed by atoms with Crippen molar-refractivity contribution in [1.82, 2.24) is 9.88 Å². The van der Waals surface area contributed by atoms with Crippen molar-refractivity contribution in [2.75, 3.05) is 37.0 Å². The summed E-state index contributed by atoms with van der Waals surface area (Å²) in [6, 6.07) is 7.88. The molecule has 1 aromatic carbocycles. The number of piperidine rings is 1. The third-order valence-electron chi connectivity index (χ3n) is 4.66. The Hall–Kier alpha value is -1.88. The first-order valence-corrected chi connectivity index (χ1v) is 10.9. The van der Waals surface area contributed by atoms with Crippen LogP contribution >= 0.6 is 11.6 Å². The van der Waals surface area contributed by atoms with Gasteiger partial charge in [0.1, 0.15) is 15.9 Å². The maximum atomic E-state index is 11.3. The fourth-order valence-corrected chi connectivity index (χ4v) is 3.97. The highest BCUT2D eigenvalue weighted by molar-refractivity contribution is 7.90. The summed E-state index contributed by atoms with van der Waals surface area (Å²) in [6.45, 7) is 2.24. The second kappa shape index (κ2) is 7.78. The number of hydrogen-bond donors (Lipinski definition) is 1. The lowest BCUT2D eigenvalue weighted by Crippen LogP contribution is -2.41. The molecule has 1 aliphatic rings. The topological polar surface area (TPSA) is 86.1 Å². The van der Waals surface area contributed by atoms with Gasteiger partial charge in [0.05, 0.1) is 22.5 Å². The minimum atomic E-state index is -2.94. The second-order valence-corrected chi connectivity index (χ2v) is 9.41. The molecule has 2 heterocycles. The Morgan fingerprint density at radius 1 is 1.38 bits per heavy atom. The normalized spacial score (nSPS) is 16.5. The number of halogens is 1. The molecule has 0 aliphatic carbocycles. The lowest BCUT2D eigenvalue weighted by atomic mass is 10.0. The number of rotatable bonds is 5. The van der Waals surface area contributed by atoms with Gasteiger partial charge in [0.15, 0.2) is 0 Å². The molecule has 2 aromatic rings. The molecule has 0 atom stereocenters. The number of benzene rings is 1. The van der Waals surface area contributed by atoms with Crippen LogP contribution in [0.3, 0.4) is 0 Å². The highest BCUT2D eigenvalue weighted by Crippen LogP contribution is 2.30. The average molecular weight is 393 g/mol. The summed E-state index contributed by atoms with van der Waals surface area (Å²) in [7, 11) is -2.94. The number of anilines is 1. The van der Waals surface area contributed by atoms with E-state index in [0.29, 0.717) is 17.1 Å². The van der Waals surface area contributed by atoms with Gasteiger partial charge < -0.3 is 10.2 Å². The second-order valence-electron chi connectivity index (χ2n) is 6.71. The minimum absolute atomic E-state index is 0.192. The molecule has 0 amide bonds. The molecule has 1 fully saturated rings. The Balaban J connectivity index is 1.72. The first-order chi connectivity index (χ1) is 12.4. The van der Waals surface area contributed by atoms with Gasteiger partial charge in [0.2, 0.25) is 0 Å². The summed E-state index contributed by atoms with van der Waals surface area (Å²) in [5.74, 6) is 0.192. The number of sulfone groups is 1. The zero-order valence-corrected chi connectivity index (χ0v) is 16.1. The number of nitrogens with one attached hydrogen (secondary N) is 1. The van der Waals surface area contributed by atoms with Gasteiger partial charge >= 0.3 is 0 Å². The SMILES string of the molecule is CS(=O)(=O)CCN1CCC(Nc2c(C#N)cnc3ccc(Cl)cc23)CC1. The van der Waals surface area contributed by atoms with E-state index in [1.165, 1.54) is 6.26 Å². The Kier molecular flexibility index (Phi) is 5.66. The Labute approximate surface area is 158 Å². The van der Waals surface area contributed by atoms with Crippen molar-refractivity contribution < 1.29 is 8.42 Å². The average Bonchev–Trinajstić information content (AvgIpc) is 2.61. The summed E-state index contributed by atoms with van der Waals surface area (Å²) in [6.07, 6.45) is 4.63. The van der Waals surface area contributed by atoms with Crippen LogP contribution in [-0.2, 0) is 9.84 Å². The molecule has 26 heavy (non-hydrogen) atoms. The van der Waals surface area contributed by atoms with Crippen molar-refractivity contribution in [3.05, 3.63) is 35.0 Å². The van der Waals surface area contributed by atoms with E-state index in [2.05, 4.69) is 21.3 Å². The predicted octanol–water partition coefficient (Wildman–Crippen LogP) is 2.68. The Morgan fingerprint density at radius 2 is 2.12 bits per heavy atom. The Morgan fingerprint density at radius 3 is 2.77 bits per heavy atom. The van der Waals surface area contributed by atoms with Crippen LogP contribution in [0.25, 0.3) is 10.9 Å². The van der Waals surface area contributed by atoms with Gasteiger partial charge in [0.25, 0.3) is 0 Å². The fraction of sp³-hybridized carbons (Fsp3) is 0.444.